The van der Waals surface area contributed by atoms with Crippen molar-refractivity contribution in [1.29, 1.82) is 0 Å². The fourth-order valence-electron chi connectivity index (χ4n) is 3.03. The largest absolute Gasteiger partial charge is 0.422 e. The number of hydrogen-bond donors (Lipinski definition) is 1. The minimum absolute atomic E-state index is 0.0520. The zero-order chi connectivity index (χ0) is 20.0. The molecule has 0 saturated carbocycles. The SMILES string of the molecule is C=C(C(=O)Oc1cccc2ccccc12)[C@H](CC(C)C)NCC[Si](C)(C)C. The van der Waals surface area contributed by atoms with Gasteiger partial charge in [-0.25, -0.2) is 4.79 Å². The van der Waals surface area contributed by atoms with E-state index in [0.29, 0.717) is 17.2 Å². The van der Waals surface area contributed by atoms with E-state index in [0.717, 1.165) is 23.7 Å². The van der Waals surface area contributed by atoms with Gasteiger partial charge in [-0.05, 0) is 36.4 Å². The molecule has 0 aliphatic heterocycles. The van der Waals surface area contributed by atoms with E-state index in [9.17, 15) is 4.79 Å². The molecule has 0 aliphatic rings. The van der Waals surface area contributed by atoms with Gasteiger partial charge in [0, 0.05) is 25.1 Å². The van der Waals surface area contributed by atoms with Gasteiger partial charge in [0.05, 0.1) is 0 Å². The first kappa shape index (κ1) is 21.4. The van der Waals surface area contributed by atoms with Crippen molar-refractivity contribution in [2.45, 2.75) is 52.0 Å². The first-order valence-electron chi connectivity index (χ1n) is 9.79. The highest BCUT2D eigenvalue weighted by Gasteiger charge is 2.23. The van der Waals surface area contributed by atoms with Crippen molar-refractivity contribution in [1.82, 2.24) is 5.32 Å². The molecule has 0 saturated heterocycles. The smallest absolute Gasteiger partial charge is 0.340 e. The third-order valence-electron chi connectivity index (χ3n) is 4.61. The number of carbonyl (C=O) groups excluding carboxylic acids is 1. The maximum absolute atomic E-state index is 12.8. The van der Waals surface area contributed by atoms with E-state index in [1.165, 1.54) is 6.04 Å². The maximum Gasteiger partial charge on any atom is 0.340 e. The van der Waals surface area contributed by atoms with E-state index >= 15 is 0 Å². The summed E-state index contributed by atoms with van der Waals surface area (Å²) in [6.45, 7) is 16.4. The third-order valence-corrected chi connectivity index (χ3v) is 6.36. The molecule has 0 unspecified atom stereocenters. The van der Waals surface area contributed by atoms with Crippen molar-refractivity contribution in [3.63, 3.8) is 0 Å². The fourth-order valence-corrected chi connectivity index (χ4v) is 3.93. The highest BCUT2D eigenvalue weighted by molar-refractivity contribution is 6.76. The summed E-state index contributed by atoms with van der Waals surface area (Å²) in [7, 11) is -1.13. The van der Waals surface area contributed by atoms with Crippen molar-refractivity contribution in [2.24, 2.45) is 5.92 Å². The first-order valence-corrected chi connectivity index (χ1v) is 13.5. The van der Waals surface area contributed by atoms with Crippen LogP contribution >= 0.6 is 0 Å². The van der Waals surface area contributed by atoms with Gasteiger partial charge in [0.1, 0.15) is 5.75 Å². The van der Waals surface area contributed by atoms with Gasteiger partial charge in [-0.2, -0.15) is 0 Å². The molecule has 2 aromatic carbocycles. The number of nitrogens with one attached hydrogen (secondary N) is 1. The highest BCUT2D eigenvalue weighted by atomic mass is 28.3. The summed E-state index contributed by atoms with van der Waals surface area (Å²) in [4.78, 5) is 12.8. The average molecular weight is 384 g/mol. The monoisotopic (exact) mass is 383 g/mol. The minimum atomic E-state index is -1.13. The lowest BCUT2D eigenvalue weighted by molar-refractivity contribution is -0.130. The molecule has 0 fully saturated rings. The summed E-state index contributed by atoms with van der Waals surface area (Å²) in [5.74, 6) is 0.707. The summed E-state index contributed by atoms with van der Waals surface area (Å²) in [5, 5.41) is 5.54. The second kappa shape index (κ2) is 9.33. The maximum atomic E-state index is 12.8. The van der Waals surface area contributed by atoms with Gasteiger partial charge in [-0.1, -0.05) is 76.5 Å². The molecule has 2 rings (SSSR count). The molecule has 0 heterocycles. The molecule has 146 valence electrons. The predicted octanol–water partition coefficient (Wildman–Crippen LogP) is 5.64. The molecule has 2 aromatic rings. The van der Waals surface area contributed by atoms with Crippen molar-refractivity contribution in [3.8, 4) is 5.75 Å². The zero-order valence-electron chi connectivity index (χ0n) is 17.3. The average Bonchev–Trinajstić information content (AvgIpc) is 2.59. The number of ether oxygens (including phenoxy) is 1. The summed E-state index contributed by atoms with van der Waals surface area (Å²) >= 11 is 0. The van der Waals surface area contributed by atoms with E-state index < -0.39 is 8.07 Å². The second-order valence-corrected chi connectivity index (χ2v) is 14.5. The molecule has 0 aliphatic carbocycles. The number of esters is 1. The Balaban J connectivity index is 2.10. The van der Waals surface area contributed by atoms with Crippen molar-refractivity contribution in [3.05, 3.63) is 54.6 Å². The van der Waals surface area contributed by atoms with Crippen molar-refractivity contribution < 1.29 is 9.53 Å². The summed E-state index contributed by atoms with van der Waals surface area (Å²) in [6, 6.07) is 14.8. The Morgan fingerprint density at radius 2 is 1.78 bits per heavy atom. The molecule has 0 bridgehead atoms. The molecule has 0 spiro atoms. The topological polar surface area (TPSA) is 38.3 Å². The molecular weight excluding hydrogens is 350 g/mol. The van der Waals surface area contributed by atoms with Gasteiger partial charge >= 0.3 is 5.97 Å². The normalized spacial score (nSPS) is 13.0. The Morgan fingerprint density at radius 1 is 1.11 bits per heavy atom. The lowest BCUT2D eigenvalue weighted by atomic mass is 9.98. The number of carbonyl (C=O) groups is 1. The summed E-state index contributed by atoms with van der Waals surface area (Å²) in [6.07, 6.45) is 0.870. The van der Waals surface area contributed by atoms with Gasteiger partial charge in [0.25, 0.3) is 0 Å². The molecular formula is C23H33NO2Si. The van der Waals surface area contributed by atoms with Crippen LogP contribution in [-0.4, -0.2) is 26.6 Å². The van der Waals surface area contributed by atoms with E-state index in [-0.39, 0.29) is 12.0 Å². The van der Waals surface area contributed by atoms with Crippen molar-refractivity contribution >= 4 is 24.8 Å². The molecule has 0 amide bonds. The minimum Gasteiger partial charge on any atom is -0.422 e. The Labute approximate surface area is 164 Å². The second-order valence-electron chi connectivity index (χ2n) is 8.84. The zero-order valence-corrected chi connectivity index (χ0v) is 18.3. The number of fused-ring (bicyclic) bond motifs is 1. The fraction of sp³-hybridized carbons (Fsp3) is 0.435. The van der Waals surface area contributed by atoms with Gasteiger partial charge in [-0.15, -0.1) is 0 Å². The number of rotatable bonds is 9. The summed E-state index contributed by atoms with van der Waals surface area (Å²) < 4.78 is 5.73. The van der Waals surface area contributed by atoms with Crippen LogP contribution in [0.25, 0.3) is 10.8 Å². The summed E-state index contributed by atoms with van der Waals surface area (Å²) in [5.41, 5.74) is 0.507. The Hall–Kier alpha value is -1.91. The standard InChI is InChI=1S/C23H33NO2Si/c1-17(2)16-21(24-14-15-27(4,5)6)18(3)23(25)26-22-13-9-11-19-10-7-8-12-20(19)22/h7-13,17,21,24H,3,14-16H2,1-2,4-6H3/t21-/m0/s1. The predicted molar refractivity (Wildman–Crippen MR) is 118 cm³/mol. The van der Waals surface area contributed by atoms with Gasteiger partial charge < -0.3 is 10.1 Å². The molecule has 27 heavy (non-hydrogen) atoms. The first-order chi connectivity index (χ1) is 12.7. The van der Waals surface area contributed by atoms with Crippen LogP contribution in [0.4, 0.5) is 0 Å². The third kappa shape index (κ3) is 6.63. The van der Waals surface area contributed by atoms with E-state index in [4.69, 9.17) is 4.74 Å². The van der Waals surface area contributed by atoms with Crippen LogP contribution in [0.3, 0.4) is 0 Å². The quantitative estimate of drug-likeness (QED) is 0.263. The molecule has 0 radical (unpaired) electrons. The molecule has 3 nitrogen and oxygen atoms in total. The Kier molecular flexibility index (Phi) is 7.39. The lowest BCUT2D eigenvalue weighted by Gasteiger charge is -2.24. The molecule has 1 atom stereocenters. The number of hydrogen-bond acceptors (Lipinski definition) is 3. The highest BCUT2D eigenvalue weighted by Crippen LogP contribution is 2.26. The molecule has 1 N–H and O–H groups in total. The van der Waals surface area contributed by atoms with Crippen LogP contribution in [0.2, 0.25) is 25.7 Å². The van der Waals surface area contributed by atoms with E-state index in [1.54, 1.807) is 0 Å². The Morgan fingerprint density at radius 3 is 2.44 bits per heavy atom. The van der Waals surface area contributed by atoms with Gasteiger partial charge in [0.15, 0.2) is 0 Å². The number of benzene rings is 2. The molecule has 0 aromatic heterocycles. The van der Waals surface area contributed by atoms with Crippen LogP contribution in [-0.2, 0) is 4.79 Å². The van der Waals surface area contributed by atoms with Crippen LogP contribution in [0.15, 0.2) is 54.6 Å². The Bertz CT molecular complexity index is 787. The van der Waals surface area contributed by atoms with E-state index in [2.05, 4.69) is 45.4 Å². The van der Waals surface area contributed by atoms with Crippen LogP contribution in [0.1, 0.15) is 20.3 Å². The van der Waals surface area contributed by atoms with Crippen LogP contribution in [0.5, 0.6) is 5.75 Å². The lowest BCUT2D eigenvalue weighted by Crippen LogP contribution is -2.38. The van der Waals surface area contributed by atoms with Crippen molar-refractivity contribution in [2.75, 3.05) is 6.54 Å². The molecule has 4 heteroatoms. The van der Waals surface area contributed by atoms with Crippen LogP contribution in [0, 0.1) is 5.92 Å². The van der Waals surface area contributed by atoms with E-state index in [1.807, 2.05) is 42.5 Å². The van der Waals surface area contributed by atoms with Gasteiger partial charge in [0.2, 0.25) is 0 Å². The van der Waals surface area contributed by atoms with Crippen LogP contribution < -0.4 is 10.1 Å². The van der Waals surface area contributed by atoms with Gasteiger partial charge in [-0.3, -0.25) is 0 Å².